The highest BCUT2D eigenvalue weighted by molar-refractivity contribution is 6.05. The third kappa shape index (κ3) is 4.45. The van der Waals surface area contributed by atoms with E-state index in [4.69, 9.17) is 9.84 Å². The lowest BCUT2D eigenvalue weighted by molar-refractivity contribution is -0.138. The molecule has 160 valence electrons. The molecule has 1 saturated heterocycles. The number of carbonyl (C=O) groups is 2. The van der Waals surface area contributed by atoms with E-state index in [2.05, 4.69) is 4.98 Å². The Balaban J connectivity index is 1.71. The van der Waals surface area contributed by atoms with Crippen LogP contribution in [0.25, 0.3) is 0 Å². The minimum Gasteiger partial charge on any atom is -0.391 e. The van der Waals surface area contributed by atoms with Crippen LogP contribution in [0.1, 0.15) is 18.9 Å². The van der Waals surface area contributed by atoms with Crippen molar-refractivity contribution >= 4 is 23.3 Å². The molecule has 0 bridgehead atoms. The summed E-state index contributed by atoms with van der Waals surface area (Å²) in [4.78, 5) is 33.5. The SMILES string of the molecule is C[C@@H](O)COCCC(=O)N1CCN2c3ncc(C(F)(F)F)cc3N(C)C(=O)C2C1. The predicted molar refractivity (Wildman–Crippen MR) is 97.5 cm³/mol. The number of anilines is 2. The molecule has 8 nitrogen and oxygen atoms in total. The number of hydrogen-bond donors (Lipinski definition) is 1. The van der Waals surface area contributed by atoms with E-state index in [1.165, 1.54) is 11.9 Å². The maximum atomic E-state index is 13.0. The Labute approximate surface area is 165 Å². The first-order chi connectivity index (χ1) is 13.6. The van der Waals surface area contributed by atoms with Gasteiger partial charge in [0.05, 0.1) is 43.5 Å². The number of aromatic nitrogens is 1. The molecule has 2 atom stereocenters. The van der Waals surface area contributed by atoms with Gasteiger partial charge in [-0.2, -0.15) is 13.2 Å². The molecule has 29 heavy (non-hydrogen) atoms. The van der Waals surface area contributed by atoms with E-state index in [1.807, 2.05) is 0 Å². The van der Waals surface area contributed by atoms with Gasteiger partial charge in [-0.25, -0.2) is 4.98 Å². The van der Waals surface area contributed by atoms with Crippen LogP contribution in [-0.4, -0.2) is 78.8 Å². The van der Waals surface area contributed by atoms with Crippen LogP contribution >= 0.6 is 0 Å². The summed E-state index contributed by atoms with van der Waals surface area (Å²) >= 11 is 0. The van der Waals surface area contributed by atoms with Gasteiger partial charge >= 0.3 is 6.18 Å². The second kappa shape index (κ2) is 8.15. The zero-order chi connectivity index (χ0) is 21.3. The number of fused-ring (bicyclic) bond motifs is 3. The van der Waals surface area contributed by atoms with E-state index in [0.717, 1.165) is 12.3 Å². The third-order valence-corrected chi connectivity index (χ3v) is 4.98. The molecular formula is C18H23F3N4O4. The van der Waals surface area contributed by atoms with E-state index in [-0.39, 0.29) is 50.2 Å². The van der Waals surface area contributed by atoms with E-state index in [1.54, 1.807) is 16.7 Å². The van der Waals surface area contributed by atoms with E-state index >= 15 is 0 Å². The molecular weight excluding hydrogens is 393 g/mol. The van der Waals surface area contributed by atoms with Gasteiger partial charge in [0.2, 0.25) is 5.91 Å². The Bertz CT molecular complexity index is 787. The molecule has 1 aromatic heterocycles. The van der Waals surface area contributed by atoms with E-state index in [0.29, 0.717) is 12.4 Å². The monoisotopic (exact) mass is 416 g/mol. The van der Waals surface area contributed by atoms with Gasteiger partial charge in [0, 0.05) is 26.3 Å². The molecule has 0 aromatic carbocycles. The number of hydrogen-bond acceptors (Lipinski definition) is 6. The van der Waals surface area contributed by atoms with Crippen molar-refractivity contribution in [3.05, 3.63) is 17.8 Å². The summed E-state index contributed by atoms with van der Waals surface area (Å²) in [5.41, 5.74) is -0.812. The zero-order valence-corrected chi connectivity index (χ0v) is 16.1. The van der Waals surface area contributed by atoms with Crippen LogP contribution in [0.4, 0.5) is 24.7 Å². The van der Waals surface area contributed by atoms with Crippen LogP contribution in [-0.2, 0) is 20.5 Å². The molecule has 1 N–H and O–H groups in total. The molecule has 1 fully saturated rings. The molecule has 0 aliphatic carbocycles. The molecule has 2 aliphatic rings. The topological polar surface area (TPSA) is 86.2 Å². The molecule has 3 heterocycles. The van der Waals surface area contributed by atoms with Crippen molar-refractivity contribution in [3.8, 4) is 0 Å². The second-order valence-electron chi connectivity index (χ2n) is 7.18. The number of amides is 2. The number of rotatable bonds is 5. The second-order valence-corrected chi connectivity index (χ2v) is 7.18. The fourth-order valence-electron chi connectivity index (χ4n) is 3.46. The summed E-state index contributed by atoms with van der Waals surface area (Å²) in [7, 11) is 1.41. The number of aliphatic hydroxyl groups excluding tert-OH is 1. The highest BCUT2D eigenvalue weighted by Gasteiger charge is 2.43. The van der Waals surface area contributed by atoms with Crippen molar-refractivity contribution in [2.75, 3.05) is 49.7 Å². The summed E-state index contributed by atoms with van der Waals surface area (Å²) in [6, 6.07) is 0.223. The Morgan fingerprint density at radius 1 is 1.41 bits per heavy atom. The lowest BCUT2D eigenvalue weighted by Crippen LogP contribution is -2.63. The highest BCUT2D eigenvalue weighted by Crippen LogP contribution is 2.39. The molecule has 3 rings (SSSR count). The van der Waals surface area contributed by atoms with Crippen LogP contribution in [0.2, 0.25) is 0 Å². The normalized spacial score (nSPS) is 20.4. The standard InChI is InChI=1S/C18H23F3N4O4/c1-11(26)10-29-6-3-15(27)24-4-5-25-14(9-24)17(28)23(2)13-7-12(18(19,20)21)8-22-16(13)25/h7-8,11,14,26H,3-6,9-10H2,1-2H3/t11-,14?/m1/s1. The van der Waals surface area contributed by atoms with Crippen molar-refractivity contribution in [3.63, 3.8) is 0 Å². The Kier molecular flexibility index (Phi) is 5.99. The average Bonchev–Trinajstić information content (AvgIpc) is 2.67. The number of pyridine rings is 1. The summed E-state index contributed by atoms with van der Waals surface area (Å²) in [6.07, 6.45) is -4.29. The quantitative estimate of drug-likeness (QED) is 0.718. The maximum Gasteiger partial charge on any atom is 0.417 e. The maximum absolute atomic E-state index is 13.0. The first kappa shape index (κ1) is 21.3. The van der Waals surface area contributed by atoms with Crippen LogP contribution in [0.15, 0.2) is 12.3 Å². The Morgan fingerprint density at radius 3 is 2.79 bits per heavy atom. The average molecular weight is 416 g/mol. The Hall–Kier alpha value is -2.40. The summed E-state index contributed by atoms with van der Waals surface area (Å²) < 4.78 is 44.2. The fraction of sp³-hybridized carbons (Fsp3) is 0.611. The lowest BCUT2D eigenvalue weighted by atomic mass is 10.0. The smallest absolute Gasteiger partial charge is 0.391 e. The van der Waals surface area contributed by atoms with Gasteiger partial charge in [-0.15, -0.1) is 0 Å². The molecule has 11 heteroatoms. The van der Waals surface area contributed by atoms with Gasteiger partial charge in [0.1, 0.15) is 6.04 Å². The first-order valence-electron chi connectivity index (χ1n) is 9.24. The van der Waals surface area contributed by atoms with Gasteiger partial charge in [0.25, 0.3) is 5.91 Å². The third-order valence-electron chi connectivity index (χ3n) is 4.98. The van der Waals surface area contributed by atoms with Crippen molar-refractivity contribution in [2.24, 2.45) is 0 Å². The minimum atomic E-state index is -4.55. The number of ether oxygens (including phenoxy) is 1. The Morgan fingerprint density at radius 2 is 2.14 bits per heavy atom. The molecule has 1 unspecified atom stereocenters. The van der Waals surface area contributed by atoms with Gasteiger partial charge in [-0.1, -0.05) is 0 Å². The molecule has 2 aliphatic heterocycles. The van der Waals surface area contributed by atoms with Crippen molar-refractivity contribution < 1.29 is 32.6 Å². The number of piperazine rings is 1. The van der Waals surface area contributed by atoms with Gasteiger partial charge in [0.15, 0.2) is 5.82 Å². The summed E-state index contributed by atoms with van der Waals surface area (Å²) in [5.74, 6) is -0.268. The van der Waals surface area contributed by atoms with Crippen molar-refractivity contribution in [2.45, 2.75) is 31.7 Å². The number of alkyl halides is 3. The molecule has 0 spiro atoms. The zero-order valence-electron chi connectivity index (χ0n) is 16.1. The number of halogens is 3. The van der Waals surface area contributed by atoms with Gasteiger partial charge < -0.3 is 24.5 Å². The van der Waals surface area contributed by atoms with Crippen molar-refractivity contribution in [1.82, 2.24) is 9.88 Å². The fourth-order valence-corrected chi connectivity index (χ4v) is 3.46. The van der Waals surface area contributed by atoms with Crippen molar-refractivity contribution in [1.29, 1.82) is 0 Å². The lowest BCUT2D eigenvalue weighted by Gasteiger charge is -2.46. The van der Waals surface area contributed by atoms with Crippen LogP contribution in [0.3, 0.4) is 0 Å². The van der Waals surface area contributed by atoms with E-state index in [9.17, 15) is 22.8 Å². The highest BCUT2D eigenvalue weighted by atomic mass is 19.4. The van der Waals surface area contributed by atoms with Crippen LogP contribution in [0, 0.1) is 0 Å². The van der Waals surface area contributed by atoms with Gasteiger partial charge in [-0.3, -0.25) is 9.59 Å². The van der Waals surface area contributed by atoms with Gasteiger partial charge in [-0.05, 0) is 13.0 Å². The minimum absolute atomic E-state index is 0.104. The number of carbonyl (C=O) groups excluding carboxylic acids is 2. The van der Waals surface area contributed by atoms with E-state index < -0.39 is 23.9 Å². The summed E-state index contributed by atoms with van der Waals surface area (Å²) in [6.45, 7) is 2.61. The van der Waals surface area contributed by atoms with Crippen LogP contribution in [0.5, 0.6) is 0 Å². The molecule has 1 aromatic rings. The van der Waals surface area contributed by atoms with Crippen LogP contribution < -0.4 is 9.80 Å². The predicted octanol–water partition coefficient (Wildman–Crippen LogP) is 0.881. The number of aliphatic hydroxyl groups is 1. The number of nitrogens with zero attached hydrogens (tertiary/aromatic N) is 4. The molecule has 0 radical (unpaired) electrons. The largest absolute Gasteiger partial charge is 0.417 e. The summed E-state index contributed by atoms with van der Waals surface area (Å²) in [5, 5.41) is 9.16. The molecule has 2 amide bonds. The molecule has 0 saturated carbocycles. The first-order valence-corrected chi connectivity index (χ1v) is 9.24. The number of likely N-dealkylation sites (N-methyl/N-ethyl adjacent to an activating group) is 1.